The van der Waals surface area contributed by atoms with Crippen LogP contribution in [0.15, 0.2) is 133 Å². The van der Waals surface area contributed by atoms with Crippen LogP contribution < -0.4 is 0 Å². The van der Waals surface area contributed by atoms with Gasteiger partial charge in [0.15, 0.2) is 5.78 Å². The minimum absolute atomic E-state index is 0. The van der Waals surface area contributed by atoms with E-state index in [1.165, 1.54) is 49.2 Å². The number of ketones is 1. The third-order valence-corrected chi connectivity index (χ3v) is 8.58. The molecule has 1 radical (unpaired) electrons. The van der Waals surface area contributed by atoms with Crippen LogP contribution >= 0.6 is 0 Å². The molecule has 0 amide bonds. The molecule has 0 bridgehead atoms. The number of fused-ring (bicyclic) bond motifs is 6. The number of aliphatic hydroxyl groups excluding tert-OH is 1. The fourth-order valence-electron chi connectivity index (χ4n) is 5.84. The van der Waals surface area contributed by atoms with Crippen molar-refractivity contribution in [2.24, 2.45) is 10.8 Å². The van der Waals surface area contributed by atoms with Crippen LogP contribution in [0.1, 0.15) is 41.5 Å². The van der Waals surface area contributed by atoms with Gasteiger partial charge in [-0.1, -0.05) is 107 Å². The summed E-state index contributed by atoms with van der Waals surface area (Å²) in [6.45, 7) is 11.1. The Morgan fingerprint density at radius 2 is 1.20 bits per heavy atom. The molecule has 0 aliphatic carbocycles. The van der Waals surface area contributed by atoms with Gasteiger partial charge in [-0.05, 0) is 55.7 Å². The van der Waals surface area contributed by atoms with Gasteiger partial charge in [0.25, 0.3) is 0 Å². The van der Waals surface area contributed by atoms with Crippen LogP contribution in [0.25, 0.3) is 65.3 Å². The van der Waals surface area contributed by atoms with Crippen molar-refractivity contribution in [3.8, 4) is 11.3 Å². The van der Waals surface area contributed by atoms with Crippen LogP contribution in [-0.4, -0.2) is 20.9 Å². The number of aromatic nitrogens is 2. The average Bonchev–Trinajstić information content (AvgIpc) is 3.12. The molecule has 0 saturated carbocycles. The normalized spacial score (nSPS) is 11.9. The number of carbonyl (C=O) groups excluding carboxylic acids is 1. The van der Waals surface area contributed by atoms with E-state index >= 15 is 0 Å². The van der Waals surface area contributed by atoms with E-state index in [0.717, 1.165) is 22.2 Å². The number of hydrogen-bond donors (Lipinski definition) is 1. The molecule has 8 aromatic rings. The number of hydrogen-bond acceptors (Lipinski definition) is 4. The van der Waals surface area contributed by atoms with Gasteiger partial charge in [-0.15, -0.1) is 65.5 Å². The van der Waals surface area contributed by atoms with Crippen LogP contribution in [0, 0.1) is 23.0 Å². The summed E-state index contributed by atoms with van der Waals surface area (Å²) in [6.07, 6.45) is 5.05. The summed E-state index contributed by atoms with van der Waals surface area (Å²) in [6, 6.07) is 43.9. The standard InChI is InChI=1S/C23H12N.C11H8N.C11H20O2.Ir/c1-2-7-15-14(6-1)17-10-5-11-18-16-8-3-4-9-20(16)23-22(21(17)18)19(15)12-13-24-23;1-2-6-10(7-3-1)11-8-4-5-9-12-11;1-10(2,3)8(12)7-9(13)11(4,5)6;/h1-8,10-13H;1-6,8-9H;7,12H,1-6H3;/q2*-1;;/b;;8-7-;. The first-order chi connectivity index (χ1) is 23.4. The molecule has 2 aromatic heterocycles. The number of carbonyl (C=O) groups is 1. The molecule has 0 saturated heterocycles. The second kappa shape index (κ2) is 14.9. The van der Waals surface area contributed by atoms with E-state index in [1.807, 2.05) is 96.3 Å². The van der Waals surface area contributed by atoms with E-state index in [9.17, 15) is 9.90 Å². The van der Waals surface area contributed by atoms with Crippen molar-refractivity contribution < 1.29 is 30.0 Å². The van der Waals surface area contributed by atoms with Crippen LogP contribution in [-0.2, 0) is 24.9 Å². The predicted octanol–water partition coefficient (Wildman–Crippen LogP) is 11.7. The van der Waals surface area contributed by atoms with E-state index in [1.54, 1.807) is 6.20 Å². The summed E-state index contributed by atoms with van der Waals surface area (Å²) in [5.74, 6) is 0.104. The Labute approximate surface area is 307 Å². The third-order valence-electron chi connectivity index (χ3n) is 8.58. The van der Waals surface area contributed by atoms with E-state index in [4.69, 9.17) is 4.98 Å². The predicted molar refractivity (Wildman–Crippen MR) is 205 cm³/mol. The maximum Gasteiger partial charge on any atom is 0.164 e. The average molecular weight is 833 g/mol. The number of nitrogens with zero attached hydrogens (tertiary/aromatic N) is 2. The molecule has 0 unspecified atom stereocenters. The number of aliphatic hydroxyl groups is 1. The van der Waals surface area contributed by atoms with Crippen molar-refractivity contribution in [1.29, 1.82) is 0 Å². The molecule has 50 heavy (non-hydrogen) atoms. The van der Waals surface area contributed by atoms with Crippen molar-refractivity contribution in [1.82, 2.24) is 9.97 Å². The number of rotatable bonds is 2. The fraction of sp³-hybridized carbons (Fsp3) is 0.178. The maximum atomic E-state index is 11.5. The zero-order valence-corrected chi connectivity index (χ0v) is 31.6. The second-order valence-electron chi connectivity index (χ2n) is 14.2. The molecule has 0 aliphatic rings. The Bertz CT molecular complexity index is 2180. The Hall–Kier alpha value is -4.96. The first kappa shape index (κ1) is 36.3. The summed E-state index contributed by atoms with van der Waals surface area (Å²) in [5.41, 5.74) is 2.30. The van der Waals surface area contributed by atoms with Gasteiger partial charge < -0.3 is 15.1 Å². The molecule has 8 rings (SSSR count). The largest absolute Gasteiger partial charge is 0.512 e. The van der Waals surface area contributed by atoms with Crippen LogP contribution in [0.5, 0.6) is 0 Å². The second-order valence-corrected chi connectivity index (χ2v) is 14.2. The molecular weight excluding hydrogens is 793 g/mol. The molecule has 6 aromatic carbocycles. The van der Waals surface area contributed by atoms with Gasteiger partial charge in [0.1, 0.15) is 5.76 Å². The number of pyridine rings is 2. The fourth-order valence-corrected chi connectivity index (χ4v) is 5.84. The van der Waals surface area contributed by atoms with Gasteiger partial charge in [-0.3, -0.25) is 4.79 Å². The zero-order valence-electron chi connectivity index (χ0n) is 29.2. The summed E-state index contributed by atoms with van der Waals surface area (Å²) < 4.78 is 0. The quantitative estimate of drug-likeness (QED) is 0.0620. The maximum absolute atomic E-state index is 11.5. The SMILES string of the molecule is CC(C)(C)C(=O)/C=C(\O)C(C)(C)C.[Ir].[c-]1cccc2c1c1nccc3c4ccccc4c4cccc2c4c31.[c-]1ccccc1-c1ccccn1. The number of allylic oxidation sites excluding steroid dienone is 2. The molecular formula is C45H40IrN2O2-2. The molecule has 5 heteroatoms. The van der Waals surface area contributed by atoms with Gasteiger partial charge in [0, 0.05) is 49.4 Å². The van der Waals surface area contributed by atoms with Gasteiger partial charge in [-0.2, -0.15) is 0 Å². The van der Waals surface area contributed by atoms with Crippen molar-refractivity contribution in [3.63, 3.8) is 0 Å². The van der Waals surface area contributed by atoms with Crippen molar-refractivity contribution in [2.45, 2.75) is 41.5 Å². The van der Waals surface area contributed by atoms with Gasteiger partial charge in [0.05, 0.1) is 0 Å². The molecule has 2 heterocycles. The molecule has 253 valence electrons. The van der Waals surface area contributed by atoms with Crippen LogP contribution in [0.4, 0.5) is 0 Å². The molecule has 0 fully saturated rings. The van der Waals surface area contributed by atoms with Crippen molar-refractivity contribution >= 4 is 59.8 Å². The molecule has 0 atom stereocenters. The molecule has 4 nitrogen and oxygen atoms in total. The van der Waals surface area contributed by atoms with Gasteiger partial charge in [-0.25, -0.2) is 0 Å². The smallest absolute Gasteiger partial charge is 0.164 e. The first-order valence-corrected chi connectivity index (χ1v) is 16.5. The molecule has 0 aliphatic heterocycles. The van der Waals surface area contributed by atoms with E-state index < -0.39 is 5.41 Å². The Balaban J connectivity index is 0.000000160. The first-order valence-electron chi connectivity index (χ1n) is 16.5. The van der Waals surface area contributed by atoms with Gasteiger partial charge in [0.2, 0.25) is 0 Å². The van der Waals surface area contributed by atoms with E-state index in [0.29, 0.717) is 0 Å². The molecule has 1 N–H and O–H groups in total. The summed E-state index contributed by atoms with van der Waals surface area (Å²) in [4.78, 5) is 20.4. The molecule has 0 spiro atoms. The topological polar surface area (TPSA) is 63.1 Å². The minimum Gasteiger partial charge on any atom is -0.512 e. The summed E-state index contributed by atoms with van der Waals surface area (Å²) in [7, 11) is 0. The third kappa shape index (κ3) is 7.45. The zero-order chi connectivity index (χ0) is 34.8. The van der Waals surface area contributed by atoms with Crippen molar-refractivity contribution in [2.75, 3.05) is 0 Å². The summed E-state index contributed by atoms with van der Waals surface area (Å²) >= 11 is 0. The monoisotopic (exact) mass is 833 g/mol. The minimum atomic E-state index is -0.417. The Morgan fingerprint density at radius 3 is 1.82 bits per heavy atom. The van der Waals surface area contributed by atoms with Gasteiger partial charge >= 0.3 is 0 Å². The Kier molecular flexibility index (Phi) is 10.8. The van der Waals surface area contributed by atoms with Crippen molar-refractivity contribution in [3.05, 3.63) is 146 Å². The van der Waals surface area contributed by atoms with Crippen LogP contribution in [0.2, 0.25) is 0 Å². The summed E-state index contributed by atoms with van der Waals surface area (Å²) in [5, 5.41) is 20.9. The van der Waals surface area contributed by atoms with Crippen LogP contribution in [0.3, 0.4) is 0 Å². The van der Waals surface area contributed by atoms with E-state index in [2.05, 4.69) is 77.8 Å². The van der Waals surface area contributed by atoms with E-state index in [-0.39, 0.29) is 37.1 Å². The Morgan fingerprint density at radius 1 is 0.600 bits per heavy atom. The number of benzene rings is 6.